The van der Waals surface area contributed by atoms with Crippen LogP contribution >= 0.6 is 0 Å². The van der Waals surface area contributed by atoms with Crippen molar-refractivity contribution < 1.29 is 19.1 Å². The molecule has 0 atom stereocenters. The molecule has 0 spiro atoms. The van der Waals surface area contributed by atoms with E-state index >= 15 is 0 Å². The molecule has 0 saturated carbocycles. The maximum absolute atomic E-state index is 11.9. The third-order valence-electron chi connectivity index (χ3n) is 3.71. The summed E-state index contributed by atoms with van der Waals surface area (Å²) in [4.78, 5) is 34.9. The van der Waals surface area contributed by atoms with Crippen LogP contribution in [0.2, 0.25) is 0 Å². The van der Waals surface area contributed by atoms with E-state index in [0.29, 0.717) is 23.5 Å². The van der Waals surface area contributed by atoms with Gasteiger partial charge in [0.05, 0.1) is 6.21 Å². The number of benzene rings is 2. The first-order chi connectivity index (χ1) is 14.1. The summed E-state index contributed by atoms with van der Waals surface area (Å²) in [6.07, 6.45) is 3.14. The van der Waals surface area contributed by atoms with Crippen molar-refractivity contribution >= 4 is 29.6 Å². The molecule has 2 aromatic rings. The van der Waals surface area contributed by atoms with Gasteiger partial charge in [0.2, 0.25) is 0 Å². The average Bonchev–Trinajstić information content (AvgIpc) is 2.74. The van der Waals surface area contributed by atoms with Crippen LogP contribution in [0.3, 0.4) is 0 Å². The molecular weight excluding hydrogens is 372 g/mol. The summed E-state index contributed by atoms with van der Waals surface area (Å²) in [5.74, 6) is -1.28. The molecule has 8 nitrogen and oxygen atoms in total. The van der Waals surface area contributed by atoms with E-state index < -0.39 is 11.8 Å². The highest BCUT2D eigenvalue weighted by atomic mass is 16.5. The summed E-state index contributed by atoms with van der Waals surface area (Å²) < 4.78 is 5.44. The smallest absolute Gasteiger partial charge is 0.329 e. The van der Waals surface area contributed by atoms with Gasteiger partial charge in [-0.3, -0.25) is 14.4 Å². The van der Waals surface area contributed by atoms with Crippen LogP contribution in [0.15, 0.2) is 59.7 Å². The first-order valence-electron chi connectivity index (χ1n) is 9.27. The van der Waals surface area contributed by atoms with Crippen molar-refractivity contribution in [2.24, 2.45) is 5.10 Å². The standard InChI is InChI=1S/C21H24N4O4/c1-2-3-13-22-20(27)21(28)25-23-14-16-9-11-18(12-10-16)29-15-19(26)24-17-7-5-4-6-8-17/h4-12,14H,2-3,13,15H2,1H3,(H,22,27)(H,24,26)(H,25,28)/b23-14-. The second kappa shape index (κ2) is 11.9. The zero-order valence-corrected chi connectivity index (χ0v) is 16.2. The van der Waals surface area contributed by atoms with Gasteiger partial charge in [-0.1, -0.05) is 31.5 Å². The summed E-state index contributed by atoms with van der Waals surface area (Å²) in [6, 6.07) is 15.9. The van der Waals surface area contributed by atoms with Crippen LogP contribution in [-0.2, 0) is 14.4 Å². The molecule has 3 amide bonds. The summed E-state index contributed by atoms with van der Waals surface area (Å²) in [5.41, 5.74) is 3.56. The van der Waals surface area contributed by atoms with Crippen LogP contribution in [0, 0.1) is 0 Å². The third-order valence-corrected chi connectivity index (χ3v) is 3.71. The Morgan fingerprint density at radius 2 is 1.72 bits per heavy atom. The molecule has 152 valence electrons. The molecule has 0 aromatic heterocycles. The van der Waals surface area contributed by atoms with Gasteiger partial charge in [0.1, 0.15) is 5.75 Å². The van der Waals surface area contributed by atoms with E-state index in [2.05, 4.69) is 21.2 Å². The Balaban J connectivity index is 1.73. The molecule has 2 aromatic carbocycles. The Morgan fingerprint density at radius 1 is 1.00 bits per heavy atom. The highest BCUT2D eigenvalue weighted by molar-refractivity contribution is 6.35. The van der Waals surface area contributed by atoms with Gasteiger partial charge in [-0.2, -0.15) is 5.10 Å². The predicted octanol–water partition coefficient (Wildman–Crippen LogP) is 2.07. The number of amides is 3. The van der Waals surface area contributed by atoms with E-state index in [1.807, 2.05) is 25.1 Å². The van der Waals surface area contributed by atoms with Gasteiger partial charge in [-0.25, -0.2) is 5.43 Å². The fraction of sp³-hybridized carbons (Fsp3) is 0.238. The fourth-order valence-electron chi connectivity index (χ4n) is 2.19. The highest BCUT2D eigenvalue weighted by Crippen LogP contribution is 2.11. The van der Waals surface area contributed by atoms with Gasteiger partial charge in [0, 0.05) is 12.2 Å². The lowest BCUT2D eigenvalue weighted by Crippen LogP contribution is -2.38. The average molecular weight is 396 g/mol. The molecule has 3 N–H and O–H groups in total. The number of hydrogen-bond acceptors (Lipinski definition) is 5. The van der Waals surface area contributed by atoms with E-state index in [-0.39, 0.29) is 12.5 Å². The van der Waals surface area contributed by atoms with Gasteiger partial charge in [0.25, 0.3) is 5.91 Å². The lowest BCUT2D eigenvalue weighted by atomic mass is 10.2. The number of rotatable bonds is 9. The van der Waals surface area contributed by atoms with Crippen LogP contribution in [0.25, 0.3) is 0 Å². The van der Waals surface area contributed by atoms with Crippen LogP contribution < -0.4 is 20.8 Å². The molecule has 0 radical (unpaired) electrons. The van der Waals surface area contributed by atoms with Gasteiger partial charge in [0.15, 0.2) is 6.61 Å². The maximum atomic E-state index is 11.9. The number of para-hydroxylation sites is 1. The number of carbonyl (C=O) groups excluding carboxylic acids is 3. The van der Waals surface area contributed by atoms with Crippen LogP contribution in [0.5, 0.6) is 5.75 Å². The van der Waals surface area contributed by atoms with Crippen molar-refractivity contribution in [2.45, 2.75) is 19.8 Å². The third kappa shape index (κ3) is 8.25. The Labute approximate surface area is 169 Å². The van der Waals surface area contributed by atoms with E-state index in [9.17, 15) is 14.4 Å². The molecule has 8 heteroatoms. The molecule has 2 rings (SSSR count). The molecule has 0 aliphatic rings. The van der Waals surface area contributed by atoms with Gasteiger partial charge < -0.3 is 15.4 Å². The number of nitrogens with zero attached hydrogens (tertiary/aromatic N) is 1. The zero-order chi connectivity index (χ0) is 20.9. The molecule has 0 heterocycles. The molecule has 0 aliphatic carbocycles. The molecular formula is C21H24N4O4. The topological polar surface area (TPSA) is 109 Å². The van der Waals surface area contributed by atoms with Crippen LogP contribution in [-0.4, -0.2) is 37.1 Å². The number of unbranched alkanes of at least 4 members (excludes halogenated alkanes) is 1. The van der Waals surface area contributed by atoms with Gasteiger partial charge in [-0.05, 0) is 48.4 Å². The zero-order valence-electron chi connectivity index (χ0n) is 16.2. The lowest BCUT2D eigenvalue weighted by Gasteiger charge is -2.07. The van der Waals surface area contributed by atoms with Crippen molar-refractivity contribution in [2.75, 3.05) is 18.5 Å². The number of anilines is 1. The monoisotopic (exact) mass is 396 g/mol. The van der Waals surface area contributed by atoms with Crippen LogP contribution in [0.1, 0.15) is 25.3 Å². The SMILES string of the molecule is CCCCNC(=O)C(=O)N/N=C\c1ccc(OCC(=O)Nc2ccccc2)cc1. The minimum absolute atomic E-state index is 0.120. The molecule has 0 saturated heterocycles. The molecule has 0 aliphatic heterocycles. The fourth-order valence-corrected chi connectivity index (χ4v) is 2.19. The predicted molar refractivity (Wildman–Crippen MR) is 111 cm³/mol. The van der Waals surface area contributed by atoms with Crippen molar-refractivity contribution in [1.82, 2.24) is 10.7 Å². The molecule has 0 fully saturated rings. The normalized spacial score (nSPS) is 10.4. The minimum atomic E-state index is -0.818. The number of nitrogens with one attached hydrogen (secondary N) is 3. The second-order valence-electron chi connectivity index (χ2n) is 6.08. The van der Waals surface area contributed by atoms with Crippen molar-refractivity contribution in [1.29, 1.82) is 0 Å². The highest BCUT2D eigenvalue weighted by Gasteiger charge is 2.10. The van der Waals surface area contributed by atoms with Crippen molar-refractivity contribution in [3.8, 4) is 5.75 Å². The van der Waals surface area contributed by atoms with E-state index in [1.165, 1.54) is 6.21 Å². The van der Waals surface area contributed by atoms with Gasteiger partial charge >= 0.3 is 11.8 Å². The van der Waals surface area contributed by atoms with Crippen molar-refractivity contribution in [3.05, 3.63) is 60.2 Å². The summed E-state index contributed by atoms with van der Waals surface area (Å²) in [6.45, 7) is 2.33. The quantitative estimate of drug-likeness (QED) is 0.261. The number of ether oxygens (including phenoxy) is 1. The number of carbonyl (C=O) groups is 3. The first-order valence-corrected chi connectivity index (χ1v) is 9.27. The number of hydrazone groups is 1. The Hall–Kier alpha value is -3.68. The first kappa shape index (κ1) is 21.6. The Bertz CT molecular complexity index is 836. The largest absolute Gasteiger partial charge is 0.484 e. The summed E-state index contributed by atoms with van der Waals surface area (Å²) >= 11 is 0. The second-order valence-corrected chi connectivity index (χ2v) is 6.08. The van der Waals surface area contributed by atoms with Gasteiger partial charge in [-0.15, -0.1) is 0 Å². The molecule has 0 unspecified atom stereocenters. The van der Waals surface area contributed by atoms with Crippen LogP contribution in [0.4, 0.5) is 5.69 Å². The lowest BCUT2D eigenvalue weighted by molar-refractivity contribution is -0.139. The van der Waals surface area contributed by atoms with E-state index in [0.717, 1.165) is 12.8 Å². The molecule has 0 bridgehead atoms. The number of hydrogen-bond donors (Lipinski definition) is 3. The van der Waals surface area contributed by atoms with E-state index in [1.54, 1.807) is 36.4 Å². The van der Waals surface area contributed by atoms with E-state index in [4.69, 9.17) is 4.74 Å². The summed E-state index contributed by atoms with van der Waals surface area (Å²) in [7, 11) is 0. The minimum Gasteiger partial charge on any atom is -0.484 e. The maximum Gasteiger partial charge on any atom is 0.329 e. The molecule has 29 heavy (non-hydrogen) atoms. The Morgan fingerprint density at radius 3 is 2.41 bits per heavy atom. The Kier molecular flexibility index (Phi) is 8.88. The van der Waals surface area contributed by atoms with Crippen molar-refractivity contribution in [3.63, 3.8) is 0 Å². The summed E-state index contributed by atoms with van der Waals surface area (Å²) in [5, 5.41) is 8.98.